The lowest BCUT2D eigenvalue weighted by atomic mass is 10.2. The van der Waals surface area contributed by atoms with Crippen molar-refractivity contribution in [1.29, 1.82) is 0 Å². The number of hydrogen-bond donors (Lipinski definition) is 2. The van der Waals surface area contributed by atoms with Gasteiger partial charge in [0.15, 0.2) is 4.34 Å². The molecular formula is C22H18N7O2S2+. The van der Waals surface area contributed by atoms with Gasteiger partial charge in [0.25, 0.3) is 17.1 Å². The predicted octanol–water partition coefficient (Wildman–Crippen LogP) is 2.65. The molecule has 1 amide bonds. The van der Waals surface area contributed by atoms with Crippen LogP contribution in [0.15, 0.2) is 69.9 Å². The molecular weight excluding hydrogens is 458 g/mol. The van der Waals surface area contributed by atoms with E-state index in [-0.39, 0.29) is 22.3 Å². The van der Waals surface area contributed by atoms with E-state index >= 15 is 0 Å². The Balaban J connectivity index is 1.42. The van der Waals surface area contributed by atoms with Crippen molar-refractivity contribution in [2.45, 2.75) is 10.1 Å². The number of anilines is 2. The number of amides is 1. The van der Waals surface area contributed by atoms with Gasteiger partial charge in [-0.05, 0) is 23.8 Å². The number of rotatable bonds is 5. The van der Waals surface area contributed by atoms with E-state index in [1.54, 1.807) is 47.8 Å². The molecule has 164 valence electrons. The lowest BCUT2D eigenvalue weighted by Crippen LogP contribution is -2.38. The highest BCUT2D eigenvalue weighted by Crippen LogP contribution is 2.28. The Morgan fingerprint density at radius 1 is 1.18 bits per heavy atom. The Kier molecular flexibility index (Phi) is 5.48. The van der Waals surface area contributed by atoms with Crippen molar-refractivity contribution < 1.29 is 9.36 Å². The summed E-state index contributed by atoms with van der Waals surface area (Å²) < 4.78 is 3.71. The first-order valence-electron chi connectivity index (χ1n) is 9.92. The quantitative estimate of drug-likeness (QED) is 0.173. The fraction of sp³-hybridized carbons (Fsp3) is 0.0909. The molecule has 5 rings (SSSR count). The highest BCUT2D eigenvalue weighted by molar-refractivity contribution is 8.00. The van der Waals surface area contributed by atoms with Gasteiger partial charge in [0.05, 0.1) is 7.05 Å². The van der Waals surface area contributed by atoms with Gasteiger partial charge in [0.1, 0.15) is 10.9 Å². The van der Waals surface area contributed by atoms with Crippen molar-refractivity contribution in [2.24, 2.45) is 7.05 Å². The first-order valence-corrected chi connectivity index (χ1v) is 11.7. The molecule has 0 fully saturated rings. The summed E-state index contributed by atoms with van der Waals surface area (Å²) in [5.74, 6) is 0.468. The lowest BCUT2D eigenvalue weighted by Gasteiger charge is -2.08. The number of carbonyl (C=O) groups excluding carboxylic acids is 1. The van der Waals surface area contributed by atoms with E-state index in [0.717, 1.165) is 10.1 Å². The summed E-state index contributed by atoms with van der Waals surface area (Å²) in [5.41, 5.74) is 8.18. The summed E-state index contributed by atoms with van der Waals surface area (Å²) in [4.78, 5) is 30.5. The van der Waals surface area contributed by atoms with E-state index in [2.05, 4.69) is 20.5 Å². The van der Waals surface area contributed by atoms with Crippen LogP contribution in [0.25, 0.3) is 16.7 Å². The summed E-state index contributed by atoms with van der Waals surface area (Å²) in [6.07, 6.45) is 1.64. The van der Waals surface area contributed by atoms with E-state index in [9.17, 15) is 9.59 Å². The third kappa shape index (κ3) is 4.03. The molecule has 4 aromatic heterocycles. The lowest BCUT2D eigenvalue weighted by molar-refractivity contribution is -0.632. The summed E-state index contributed by atoms with van der Waals surface area (Å²) in [5, 5.41) is 11.6. The van der Waals surface area contributed by atoms with Crippen LogP contribution in [0.3, 0.4) is 0 Å². The first-order chi connectivity index (χ1) is 16.0. The molecule has 0 saturated carbocycles. The molecule has 0 bridgehead atoms. The van der Waals surface area contributed by atoms with Crippen LogP contribution >= 0.6 is 23.1 Å². The van der Waals surface area contributed by atoms with Crippen molar-refractivity contribution in [1.82, 2.24) is 19.6 Å². The van der Waals surface area contributed by atoms with Crippen molar-refractivity contribution in [2.75, 3.05) is 11.1 Å². The molecule has 0 aliphatic rings. The average Bonchev–Trinajstić information content (AvgIpc) is 3.28. The number of aryl methyl sites for hydroxylation is 1. The third-order valence-corrected chi connectivity index (χ3v) is 7.11. The zero-order chi connectivity index (χ0) is 22.9. The van der Waals surface area contributed by atoms with Gasteiger partial charge in [0.2, 0.25) is 16.6 Å². The van der Waals surface area contributed by atoms with Gasteiger partial charge < -0.3 is 5.73 Å². The van der Waals surface area contributed by atoms with E-state index < -0.39 is 5.91 Å². The van der Waals surface area contributed by atoms with Gasteiger partial charge in [-0.1, -0.05) is 64.5 Å². The first kappa shape index (κ1) is 21.0. The SMILES string of the molecule is C[n+]1c(N)c(C(=O)Nc2nnc(SCc3ccccc3)s2)cc2c(=O)n3ccccc3nc21. The van der Waals surface area contributed by atoms with Gasteiger partial charge in [-0.15, -0.1) is 10.2 Å². The maximum absolute atomic E-state index is 13.0. The van der Waals surface area contributed by atoms with E-state index in [1.807, 2.05) is 30.3 Å². The minimum atomic E-state index is -0.474. The molecule has 4 heterocycles. The van der Waals surface area contributed by atoms with Crippen molar-refractivity contribution in [3.8, 4) is 0 Å². The number of thioether (sulfide) groups is 1. The highest BCUT2D eigenvalue weighted by atomic mass is 32.2. The van der Waals surface area contributed by atoms with Gasteiger partial charge >= 0.3 is 0 Å². The van der Waals surface area contributed by atoms with Gasteiger partial charge in [-0.25, -0.2) is 4.57 Å². The van der Waals surface area contributed by atoms with Crippen molar-refractivity contribution in [3.05, 3.63) is 82.3 Å². The maximum atomic E-state index is 13.0. The van der Waals surface area contributed by atoms with Crippen molar-refractivity contribution >= 4 is 56.6 Å². The Labute approximate surface area is 195 Å². The fourth-order valence-corrected chi connectivity index (χ4v) is 5.07. The zero-order valence-corrected chi connectivity index (χ0v) is 19.1. The topological polar surface area (TPSA) is 119 Å². The van der Waals surface area contributed by atoms with Crippen LogP contribution in [-0.2, 0) is 12.8 Å². The van der Waals surface area contributed by atoms with Crippen LogP contribution in [-0.4, -0.2) is 25.5 Å². The second-order valence-corrected chi connectivity index (χ2v) is 9.39. The summed E-state index contributed by atoms with van der Waals surface area (Å²) in [6, 6.07) is 16.8. The molecule has 9 nitrogen and oxygen atoms in total. The van der Waals surface area contributed by atoms with E-state index in [0.29, 0.717) is 16.4 Å². The van der Waals surface area contributed by atoms with Gasteiger partial charge in [0, 0.05) is 11.9 Å². The molecule has 0 spiro atoms. The Bertz CT molecular complexity index is 1560. The molecule has 0 aliphatic carbocycles. The molecule has 0 saturated heterocycles. The Morgan fingerprint density at radius 2 is 1.97 bits per heavy atom. The molecule has 0 radical (unpaired) electrons. The number of nitrogens with two attached hydrogens (primary N) is 1. The monoisotopic (exact) mass is 476 g/mol. The second-order valence-electron chi connectivity index (χ2n) is 7.19. The number of nitrogens with zero attached hydrogens (tertiary/aromatic N) is 5. The van der Waals surface area contributed by atoms with Crippen LogP contribution in [0, 0.1) is 0 Å². The van der Waals surface area contributed by atoms with Crippen LogP contribution in [0.4, 0.5) is 10.9 Å². The number of aromatic nitrogens is 5. The number of nitrogen functional groups attached to an aromatic ring is 1. The van der Waals surface area contributed by atoms with Gasteiger partial charge in [-0.3, -0.25) is 19.3 Å². The molecule has 5 aromatic rings. The molecule has 11 heteroatoms. The molecule has 0 atom stereocenters. The Morgan fingerprint density at radius 3 is 2.79 bits per heavy atom. The molecule has 0 unspecified atom stereocenters. The van der Waals surface area contributed by atoms with Crippen LogP contribution in [0.2, 0.25) is 0 Å². The standard InChI is InChI=1S/C22H17N7O2S2/c1-28-17(23)14(11-15-18(28)24-16-9-5-6-10-29(16)20(15)31)19(30)25-21-26-27-22(33-21)32-12-13-7-3-2-4-8-13/h2-11,23H,12H2,1H3,(H,25,26,30)/p+1. The van der Waals surface area contributed by atoms with E-state index in [4.69, 9.17) is 5.73 Å². The third-order valence-electron chi connectivity index (χ3n) is 5.07. The summed E-state index contributed by atoms with van der Waals surface area (Å²) >= 11 is 2.82. The molecule has 33 heavy (non-hydrogen) atoms. The highest BCUT2D eigenvalue weighted by Gasteiger charge is 2.23. The van der Waals surface area contributed by atoms with Gasteiger partial charge in [-0.2, -0.15) is 0 Å². The minimum Gasteiger partial charge on any atom is -0.318 e. The zero-order valence-electron chi connectivity index (χ0n) is 17.4. The van der Waals surface area contributed by atoms with Crippen LogP contribution < -0.4 is 21.2 Å². The summed E-state index contributed by atoms with van der Waals surface area (Å²) in [7, 11) is 1.67. The van der Waals surface area contributed by atoms with E-state index in [1.165, 1.54) is 27.4 Å². The number of fused-ring (bicyclic) bond motifs is 2. The van der Waals surface area contributed by atoms with Crippen molar-refractivity contribution in [3.63, 3.8) is 0 Å². The smallest absolute Gasteiger partial charge is 0.278 e. The molecule has 1 aromatic carbocycles. The average molecular weight is 477 g/mol. The maximum Gasteiger partial charge on any atom is 0.278 e. The second kappa shape index (κ2) is 8.60. The van der Waals surface area contributed by atoms with Crippen LogP contribution in [0.1, 0.15) is 15.9 Å². The summed E-state index contributed by atoms with van der Waals surface area (Å²) in [6.45, 7) is 0. The number of pyridine rings is 2. The number of carbonyl (C=O) groups is 1. The minimum absolute atomic E-state index is 0.161. The normalized spacial score (nSPS) is 11.2. The molecule has 3 N–H and O–H groups in total. The largest absolute Gasteiger partial charge is 0.318 e. The number of nitrogens with one attached hydrogen (secondary N) is 1. The molecule has 0 aliphatic heterocycles. The Hall–Kier alpha value is -3.83. The fourth-order valence-electron chi connectivity index (χ4n) is 3.37. The number of benzene rings is 1. The van der Waals surface area contributed by atoms with Crippen LogP contribution in [0.5, 0.6) is 0 Å². The predicted molar refractivity (Wildman–Crippen MR) is 128 cm³/mol. The number of hydrogen-bond acceptors (Lipinski definition) is 8.